The number of hydrogen-bond donors (Lipinski definition) is 1. The first-order valence-corrected chi connectivity index (χ1v) is 7.32. The molecule has 0 heterocycles. The Bertz CT molecular complexity index is 425. The highest BCUT2D eigenvalue weighted by Gasteiger charge is 2.27. The Labute approximate surface area is 114 Å². The van der Waals surface area contributed by atoms with Gasteiger partial charge in [0.1, 0.15) is 11.6 Å². The zero-order chi connectivity index (χ0) is 13.8. The van der Waals surface area contributed by atoms with Crippen molar-refractivity contribution in [2.75, 3.05) is 6.54 Å². The molecule has 2 rings (SSSR count). The lowest BCUT2D eigenvalue weighted by Crippen LogP contribution is -2.30. The van der Waals surface area contributed by atoms with Crippen molar-refractivity contribution in [3.05, 3.63) is 34.9 Å². The molecular formula is C16H23F2N. The van der Waals surface area contributed by atoms with Gasteiger partial charge >= 0.3 is 0 Å². The van der Waals surface area contributed by atoms with Gasteiger partial charge in [-0.25, -0.2) is 8.78 Å². The van der Waals surface area contributed by atoms with E-state index in [0.717, 1.165) is 25.5 Å². The molecule has 3 heteroatoms. The Morgan fingerprint density at radius 3 is 2.47 bits per heavy atom. The van der Waals surface area contributed by atoms with Crippen molar-refractivity contribution in [1.29, 1.82) is 0 Å². The Balaban J connectivity index is 2.29. The third-order valence-electron chi connectivity index (χ3n) is 4.16. The quantitative estimate of drug-likeness (QED) is 0.846. The van der Waals surface area contributed by atoms with Crippen LogP contribution in [0.2, 0.25) is 0 Å². The molecule has 1 aliphatic rings. The minimum absolute atomic E-state index is 0.0181. The van der Waals surface area contributed by atoms with E-state index in [0.29, 0.717) is 17.0 Å². The molecule has 1 aromatic rings. The summed E-state index contributed by atoms with van der Waals surface area (Å²) in [5, 5.41) is 3.39. The SMILES string of the molecule is CCNC(c1cc(C)c(F)cc1F)C1CCCCC1. The van der Waals surface area contributed by atoms with Crippen LogP contribution in [0.1, 0.15) is 56.2 Å². The van der Waals surface area contributed by atoms with E-state index in [1.54, 1.807) is 13.0 Å². The Hall–Kier alpha value is -0.960. The minimum Gasteiger partial charge on any atom is -0.310 e. The fraction of sp³-hybridized carbons (Fsp3) is 0.625. The van der Waals surface area contributed by atoms with E-state index in [9.17, 15) is 8.78 Å². The first kappa shape index (κ1) is 14.4. The highest BCUT2D eigenvalue weighted by atomic mass is 19.1. The van der Waals surface area contributed by atoms with Crippen LogP contribution in [0, 0.1) is 24.5 Å². The predicted octanol–water partition coefficient (Wildman–Crippen LogP) is 4.50. The third-order valence-corrected chi connectivity index (χ3v) is 4.16. The average Bonchev–Trinajstić information content (AvgIpc) is 2.42. The maximum absolute atomic E-state index is 14.1. The summed E-state index contributed by atoms with van der Waals surface area (Å²) in [6, 6.07) is 2.72. The van der Waals surface area contributed by atoms with Crippen molar-refractivity contribution in [2.24, 2.45) is 5.92 Å². The number of rotatable bonds is 4. The largest absolute Gasteiger partial charge is 0.310 e. The molecule has 0 saturated heterocycles. The van der Waals surface area contributed by atoms with E-state index in [2.05, 4.69) is 5.32 Å². The second kappa shape index (κ2) is 6.47. The standard InChI is InChI=1S/C16H23F2N/c1-3-19-16(12-7-5-4-6-8-12)13-9-11(2)14(17)10-15(13)18/h9-10,12,16,19H,3-8H2,1-2H3. The van der Waals surface area contributed by atoms with E-state index < -0.39 is 11.6 Å². The van der Waals surface area contributed by atoms with Crippen molar-refractivity contribution >= 4 is 0 Å². The van der Waals surface area contributed by atoms with Crippen LogP contribution in [0.5, 0.6) is 0 Å². The molecule has 1 nitrogen and oxygen atoms in total. The van der Waals surface area contributed by atoms with Gasteiger partial charge in [0.05, 0.1) is 0 Å². The van der Waals surface area contributed by atoms with Gasteiger partial charge in [-0.3, -0.25) is 0 Å². The molecule has 0 aliphatic heterocycles. The third kappa shape index (κ3) is 3.33. The molecule has 1 unspecified atom stereocenters. The van der Waals surface area contributed by atoms with Crippen molar-refractivity contribution in [3.8, 4) is 0 Å². The molecule has 1 atom stereocenters. The van der Waals surface area contributed by atoms with Crippen molar-refractivity contribution in [2.45, 2.75) is 52.0 Å². The number of halogens is 2. The number of aryl methyl sites for hydroxylation is 1. The number of benzene rings is 1. The van der Waals surface area contributed by atoms with E-state index >= 15 is 0 Å². The number of hydrogen-bond acceptors (Lipinski definition) is 1. The van der Waals surface area contributed by atoms with E-state index in [1.807, 2.05) is 6.92 Å². The van der Waals surface area contributed by atoms with Crippen molar-refractivity contribution < 1.29 is 8.78 Å². The Kier molecular flexibility index (Phi) is 4.92. The first-order valence-electron chi connectivity index (χ1n) is 7.32. The molecule has 0 amide bonds. The van der Waals surface area contributed by atoms with Crippen LogP contribution in [0.15, 0.2) is 12.1 Å². The molecule has 106 valence electrons. The smallest absolute Gasteiger partial charge is 0.130 e. The summed E-state index contributed by atoms with van der Waals surface area (Å²) in [5.74, 6) is -0.409. The van der Waals surface area contributed by atoms with Crippen LogP contribution in [0.3, 0.4) is 0 Å². The van der Waals surface area contributed by atoms with E-state index in [4.69, 9.17) is 0 Å². The van der Waals surface area contributed by atoms with Crippen LogP contribution >= 0.6 is 0 Å². The molecule has 0 bridgehead atoms. The van der Waals surface area contributed by atoms with Crippen molar-refractivity contribution in [3.63, 3.8) is 0 Å². The molecule has 0 aromatic heterocycles. The van der Waals surface area contributed by atoms with E-state index in [1.165, 1.54) is 19.3 Å². The monoisotopic (exact) mass is 267 g/mol. The minimum atomic E-state index is -0.458. The Morgan fingerprint density at radius 2 is 1.84 bits per heavy atom. The molecule has 1 saturated carbocycles. The maximum Gasteiger partial charge on any atom is 0.130 e. The molecule has 0 spiro atoms. The lowest BCUT2D eigenvalue weighted by atomic mass is 9.80. The zero-order valence-corrected chi connectivity index (χ0v) is 11.8. The molecule has 1 aliphatic carbocycles. The molecular weight excluding hydrogens is 244 g/mol. The Morgan fingerprint density at radius 1 is 1.16 bits per heavy atom. The summed E-state index contributed by atoms with van der Waals surface area (Å²) in [5.41, 5.74) is 1.16. The van der Waals surface area contributed by atoms with Gasteiger partial charge in [0.25, 0.3) is 0 Å². The normalized spacial score (nSPS) is 18.5. The lowest BCUT2D eigenvalue weighted by molar-refractivity contribution is 0.269. The van der Waals surface area contributed by atoms with Gasteiger partial charge in [0.2, 0.25) is 0 Å². The summed E-state index contributed by atoms with van der Waals surface area (Å²) < 4.78 is 27.5. The summed E-state index contributed by atoms with van der Waals surface area (Å²) in [7, 11) is 0. The van der Waals surface area contributed by atoms with Crippen molar-refractivity contribution in [1.82, 2.24) is 5.32 Å². The predicted molar refractivity (Wildman–Crippen MR) is 74.1 cm³/mol. The molecule has 0 radical (unpaired) electrons. The average molecular weight is 267 g/mol. The molecule has 1 fully saturated rings. The van der Waals surface area contributed by atoms with Gasteiger partial charge in [-0.1, -0.05) is 26.2 Å². The van der Waals surface area contributed by atoms with Gasteiger partial charge in [-0.05, 0) is 43.9 Å². The summed E-state index contributed by atoms with van der Waals surface area (Å²) in [6.07, 6.45) is 5.98. The first-order chi connectivity index (χ1) is 9.13. The van der Waals surface area contributed by atoms with Crippen LogP contribution in [-0.2, 0) is 0 Å². The van der Waals surface area contributed by atoms with Gasteiger partial charge in [0.15, 0.2) is 0 Å². The molecule has 19 heavy (non-hydrogen) atoms. The van der Waals surface area contributed by atoms with E-state index in [-0.39, 0.29) is 6.04 Å². The molecule has 1 N–H and O–H groups in total. The van der Waals surface area contributed by atoms with Crippen LogP contribution in [-0.4, -0.2) is 6.54 Å². The fourth-order valence-corrected chi connectivity index (χ4v) is 3.14. The van der Waals surface area contributed by atoms with Gasteiger partial charge < -0.3 is 5.32 Å². The zero-order valence-electron chi connectivity index (χ0n) is 11.8. The van der Waals surface area contributed by atoms with Crippen LogP contribution in [0.4, 0.5) is 8.78 Å². The topological polar surface area (TPSA) is 12.0 Å². The second-order valence-electron chi connectivity index (χ2n) is 5.56. The fourth-order valence-electron chi connectivity index (χ4n) is 3.14. The van der Waals surface area contributed by atoms with Gasteiger partial charge in [-0.15, -0.1) is 0 Å². The summed E-state index contributed by atoms with van der Waals surface area (Å²) in [4.78, 5) is 0. The van der Waals surface area contributed by atoms with Gasteiger partial charge in [-0.2, -0.15) is 0 Å². The second-order valence-corrected chi connectivity index (χ2v) is 5.56. The summed E-state index contributed by atoms with van der Waals surface area (Å²) >= 11 is 0. The van der Waals surface area contributed by atoms with Crippen LogP contribution < -0.4 is 5.32 Å². The van der Waals surface area contributed by atoms with Crippen LogP contribution in [0.25, 0.3) is 0 Å². The lowest BCUT2D eigenvalue weighted by Gasteiger charge is -2.31. The summed E-state index contributed by atoms with van der Waals surface area (Å²) in [6.45, 7) is 4.53. The van der Waals surface area contributed by atoms with Gasteiger partial charge in [0, 0.05) is 17.7 Å². The molecule has 1 aromatic carbocycles. The maximum atomic E-state index is 14.1. The number of nitrogens with one attached hydrogen (secondary N) is 1. The highest BCUT2D eigenvalue weighted by Crippen LogP contribution is 2.36. The highest BCUT2D eigenvalue weighted by molar-refractivity contribution is 5.29.